The summed E-state index contributed by atoms with van der Waals surface area (Å²) in [6, 6.07) is 0. The Morgan fingerprint density at radius 2 is 1.75 bits per heavy atom. The van der Waals surface area contributed by atoms with E-state index >= 15 is 0 Å². The molecule has 1 aliphatic rings. The van der Waals surface area contributed by atoms with E-state index in [-0.39, 0.29) is 0 Å². The highest BCUT2D eigenvalue weighted by Gasteiger charge is 2.28. The molecule has 0 N–H and O–H groups in total. The van der Waals surface area contributed by atoms with Gasteiger partial charge in [0.15, 0.2) is 0 Å². The molecule has 12 heavy (non-hydrogen) atoms. The predicted octanol–water partition coefficient (Wildman–Crippen LogP) is 2.62. The molecular weight excluding hydrogens is 146 g/mol. The van der Waals surface area contributed by atoms with Crippen molar-refractivity contribution in [3.05, 3.63) is 0 Å². The lowest BCUT2D eigenvalue weighted by Gasteiger charge is -2.22. The Morgan fingerprint density at radius 1 is 1.17 bits per heavy atom. The lowest BCUT2D eigenvalue weighted by Crippen LogP contribution is -2.28. The fraction of sp³-hybridized carbons (Fsp3) is 1.00. The van der Waals surface area contributed by atoms with Gasteiger partial charge >= 0.3 is 0 Å². The van der Waals surface area contributed by atoms with Crippen LogP contribution in [0, 0.1) is 17.8 Å². The van der Waals surface area contributed by atoms with E-state index in [1.807, 2.05) is 0 Å². The van der Waals surface area contributed by atoms with Gasteiger partial charge in [0.1, 0.15) is 0 Å². The van der Waals surface area contributed by atoms with Crippen LogP contribution < -0.4 is 0 Å². The molecule has 1 rings (SSSR count). The molecule has 72 valence electrons. The van der Waals surface area contributed by atoms with Crippen LogP contribution in [-0.2, 0) is 0 Å². The van der Waals surface area contributed by atoms with Crippen LogP contribution >= 0.6 is 0 Å². The highest BCUT2D eigenvalue weighted by atomic mass is 15.1. The molecule has 1 saturated carbocycles. The van der Waals surface area contributed by atoms with Crippen LogP contribution in [0.15, 0.2) is 0 Å². The zero-order chi connectivity index (χ0) is 9.14. The second-order valence-corrected chi connectivity index (χ2v) is 4.93. The first kappa shape index (κ1) is 10.0. The normalized spacial score (nSPS) is 20.5. The fourth-order valence-electron chi connectivity index (χ4n) is 2.00. The van der Waals surface area contributed by atoms with E-state index in [0.29, 0.717) is 0 Å². The Balaban J connectivity index is 2.11. The number of rotatable bonds is 5. The van der Waals surface area contributed by atoms with E-state index in [1.54, 1.807) is 0 Å². The summed E-state index contributed by atoms with van der Waals surface area (Å²) in [7, 11) is 2.25. The summed E-state index contributed by atoms with van der Waals surface area (Å²) in [4.78, 5) is 2.48. The first-order chi connectivity index (χ1) is 5.59. The van der Waals surface area contributed by atoms with Crippen molar-refractivity contribution in [3.8, 4) is 0 Å². The molecule has 1 fully saturated rings. The van der Waals surface area contributed by atoms with E-state index < -0.39 is 0 Å². The summed E-state index contributed by atoms with van der Waals surface area (Å²) >= 11 is 0. The maximum atomic E-state index is 2.48. The van der Waals surface area contributed by atoms with E-state index in [1.165, 1.54) is 25.9 Å². The molecule has 1 atom stereocenters. The van der Waals surface area contributed by atoms with Gasteiger partial charge in [0.05, 0.1) is 0 Å². The van der Waals surface area contributed by atoms with Gasteiger partial charge in [-0.3, -0.25) is 0 Å². The van der Waals surface area contributed by atoms with Crippen LogP contribution in [0.25, 0.3) is 0 Å². The minimum absolute atomic E-state index is 0.807. The molecule has 0 spiro atoms. The van der Waals surface area contributed by atoms with E-state index in [0.717, 1.165) is 17.8 Å². The molecule has 0 unspecified atom stereocenters. The minimum Gasteiger partial charge on any atom is -0.306 e. The second kappa shape index (κ2) is 4.27. The van der Waals surface area contributed by atoms with Gasteiger partial charge in [-0.15, -0.1) is 0 Å². The van der Waals surface area contributed by atoms with Crippen LogP contribution in [0.2, 0.25) is 0 Å². The molecule has 0 radical (unpaired) electrons. The van der Waals surface area contributed by atoms with E-state index in [4.69, 9.17) is 0 Å². The van der Waals surface area contributed by atoms with Crippen LogP contribution in [-0.4, -0.2) is 25.0 Å². The standard InChI is InChI=1S/C11H23N/c1-9(2)7-12(4)8-10(3)11-5-6-11/h9-11H,5-8H2,1-4H3/t10-/m0/s1. The summed E-state index contributed by atoms with van der Waals surface area (Å²) in [5, 5.41) is 0. The Labute approximate surface area is 77.1 Å². The zero-order valence-electron chi connectivity index (χ0n) is 9.01. The third-order valence-electron chi connectivity index (χ3n) is 2.70. The first-order valence-corrected chi connectivity index (χ1v) is 5.28. The summed E-state index contributed by atoms with van der Waals surface area (Å²) in [5.74, 6) is 2.79. The van der Waals surface area contributed by atoms with Crippen LogP contribution in [0.4, 0.5) is 0 Å². The van der Waals surface area contributed by atoms with Gasteiger partial charge in [-0.1, -0.05) is 20.8 Å². The molecule has 0 amide bonds. The monoisotopic (exact) mass is 169 g/mol. The van der Waals surface area contributed by atoms with Gasteiger partial charge in [0.2, 0.25) is 0 Å². The maximum absolute atomic E-state index is 2.48. The SMILES string of the molecule is CC(C)CN(C)C[C@H](C)C1CC1. The van der Waals surface area contributed by atoms with E-state index in [2.05, 4.69) is 32.7 Å². The molecule has 0 aromatic carbocycles. The largest absolute Gasteiger partial charge is 0.306 e. The minimum atomic E-state index is 0.807. The number of hydrogen-bond donors (Lipinski definition) is 0. The quantitative estimate of drug-likeness (QED) is 0.611. The molecule has 0 aromatic rings. The average molecular weight is 169 g/mol. The van der Waals surface area contributed by atoms with Crippen LogP contribution in [0.5, 0.6) is 0 Å². The van der Waals surface area contributed by atoms with E-state index in [9.17, 15) is 0 Å². The van der Waals surface area contributed by atoms with Gasteiger partial charge in [-0.2, -0.15) is 0 Å². The molecule has 0 heterocycles. The maximum Gasteiger partial charge on any atom is 0.000673 e. The van der Waals surface area contributed by atoms with Crippen molar-refractivity contribution in [2.45, 2.75) is 33.6 Å². The van der Waals surface area contributed by atoms with Gasteiger partial charge in [0.25, 0.3) is 0 Å². The molecule has 0 aromatic heterocycles. The van der Waals surface area contributed by atoms with Crippen molar-refractivity contribution in [1.82, 2.24) is 4.90 Å². The molecule has 0 bridgehead atoms. The van der Waals surface area contributed by atoms with Gasteiger partial charge < -0.3 is 4.90 Å². The fourth-order valence-corrected chi connectivity index (χ4v) is 2.00. The zero-order valence-corrected chi connectivity index (χ0v) is 9.01. The van der Waals surface area contributed by atoms with Gasteiger partial charge in [-0.05, 0) is 37.6 Å². The molecule has 1 aliphatic carbocycles. The molecule has 0 aliphatic heterocycles. The lowest BCUT2D eigenvalue weighted by molar-refractivity contribution is 0.245. The van der Waals surface area contributed by atoms with Crippen molar-refractivity contribution in [2.24, 2.45) is 17.8 Å². The van der Waals surface area contributed by atoms with Crippen LogP contribution in [0.3, 0.4) is 0 Å². The van der Waals surface area contributed by atoms with Crippen molar-refractivity contribution in [3.63, 3.8) is 0 Å². The molecule has 1 nitrogen and oxygen atoms in total. The Morgan fingerprint density at radius 3 is 2.17 bits per heavy atom. The summed E-state index contributed by atoms with van der Waals surface area (Å²) in [6.07, 6.45) is 2.97. The summed E-state index contributed by atoms with van der Waals surface area (Å²) < 4.78 is 0. The summed E-state index contributed by atoms with van der Waals surface area (Å²) in [5.41, 5.74) is 0. The highest BCUT2D eigenvalue weighted by molar-refractivity contribution is 4.80. The highest BCUT2D eigenvalue weighted by Crippen LogP contribution is 2.36. The Hall–Kier alpha value is -0.0400. The van der Waals surface area contributed by atoms with Crippen LogP contribution in [0.1, 0.15) is 33.6 Å². The lowest BCUT2D eigenvalue weighted by atomic mass is 10.1. The Bertz CT molecular complexity index is 127. The van der Waals surface area contributed by atoms with Gasteiger partial charge in [-0.25, -0.2) is 0 Å². The molecular formula is C11H23N. The second-order valence-electron chi connectivity index (χ2n) is 4.93. The Kier molecular flexibility index (Phi) is 3.57. The predicted molar refractivity (Wildman–Crippen MR) is 54.2 cm³/mol. The third-order valence-corrected chi connectivity index (χ3v) is 2.70. The van der Waals surface area contributed by atoms with Crippen molar-refractivity contribution >= 4 is 0 Å². The first-order valence-electron chi connectivity index (χ1n) is 5.28. The number of nitrogens with zero attached hydrogens (tertiary/aromatic N) is 1. The van der Waals surface area contributed by atoms with Crippen molar-refractivity contribution in [1.29, 1.82) is 0 Å². The summed E-state index contributed by atoms with van der Waals surface area (Å²) in [6.45, 7) is 9.52. The molecule has 0 saturated heterocycles. The molecule has 1 heteroatoms. The topological polar surface area (TPSA) is 3.24 Å². The smallest absolute Gasteiger partial charge is 0.000673 e. The van der Waals surface area contributed by atoms with Gasteiger partial charge in [0, 0.05) is 13.1 Å². The number of hydrogen-bond acceptors (Lipinski definition) is 1. The third kappa shape index (κ3) is 3.57. The average Bonchev–Trinajstić information content (AvgIpc) is 2.63. The van der Waals surface area contributed by atoms with Crippen molar-refractivity contribution in [2.75, 3.05) is 20.1 Å². The van der Waals surface area contributed by atoms with Crippen molar-refractivity contribution < 1.29 is 0 Å².